The highest BCUT2D eigenvalue weighted by Crippen LogP contribution is 2.28. The lowest BCUT2D eigenvalue weighted by atomic mass is 10.2. The van der Waals surface area contributed by atoms with Gasteiger partial charge in [-0.15, -0.1) is 0 Å². The number of aromatic nitrogens is 6. The van der Waals surface area contributed by atoms with Gasteiger partial charge in [-0.3, -0.25) is 9.78 Å². The Kier molecular flexibility index (Phi) is 5.78. The lowest BCUT2D eigenvalue weighted by Crippen LogP contribution is -2.43. The van der Waals surface area contributed by atoms with E-state index in [1.54, 1.807) is 15.8 Å². The number of rotatable bonds is 6. The van der Waals surface area contributed by atoms with Gasteiger partial charge in [0.2, 0.25) is 5.91 Å². The van der Waals surface area contributed by atoms with Crippen molar-refractivity contribution < 1.29 is 14.3 Å². The first-order valence-corrected chi connectivity index (χ1v) is 12.6. The number of para-hydroxylation sites is 1. The third-order valence-corrected chi connectivity index (χ3v) is 6.66. The minimum Gasteiger partial charge on any atom is -0.494 e. The number of hydrogen-bond acceptors (Lipinski definition) is 7. The summed E-state index contributed by atoms with van der Waals surface area (Å²) >= 11 is 1.50. The molecule has 0 bridgehead atoms. The summed E-state index contributed by atoms with van der Waals surface area (Å²) in [5, 5.41) is 14.2. The van der Waals surface area contributed by atoms with Crippen molar-refractivity contribution in [2.24, 2.45) is 0 Å². The fraction of sp³-hybridized carbons (Fsp3) is 0.111. The van der Waals surface area contributed by atoms with Gasteiger partial charge in [0.05, 0.1) is 11.3 Å². The van der Waals surface area contributed by atoms with E-state index in [0.717, 1.165) is 38.1 Å². The number of carbonyl (C=O) groups excluding carboxylic acids is 1. The summed E-state index contributed by atoms with van der Waals surface area (Å²) in [5.74, 6) is 1.19. The van der Waals surface area contributed by atoms with E-state index in [0.29, 0.717) is 23.3 Å². The number of anilines is 1. The van der Waals surface area contributed by atoms with Crippen LogP contribution in [0.5, 0.6) is 5.75 Å². The van der Waals surface area contributed by atoms with Gasteiger partial charge in [-0.05, 0) is 70.1 Å². The number of nitrogens with one attached hydrogen (secondary N) is 1. The molecule has 0 unspecified atom stereocenters. The summed E-state index contributed by atoms with van der Waals surface area (Å²) < 4.78 is 6.66. The Labute approximate surface area is 216 Å². The maximum absolute atomic E-state index is 11.4. The van der Waals surface area contributed by atoms with Crippen LogP contribution < -0.4 is 14.9 Å². The molecule has 0 aliphatic heterocycles. The highest BCUT2D eigenvalue weighted by atomic mass is 32.1. The fourth-order valence-electron chi connectivity index (χ4n) is 4.07. The maximum Gasteiger partial charge on any atom is 0.365 e. The zero-order valence-electron chi connectivity index (χ0n) is 20.1. The molecule has 6 rings (SSSR count). The predicted molar refractivity (Wildman–Crippen MR) is 142 cm³/mol. The molecule has 9 nitrogen and oxygen atoms in total. The van der Waals surface area contributed by atoms with Gasteiger partial charge in [-0.25, -0.2) is 0 Å². The van der Waals surface area contributed by atoms with Crippen LogP contribution in [0.4, 0.5) is 5.69 Å². The zero-order chi connectivity index (χ0) is 25.4. The zero-order valence-corrected chi connectivity index (χ0v) is 20.9. The number of carbonyl (C=O) groups is 1. The van der Waals surface area contributed by atoms with Crippen LogP contribution in [0, 0.1) is 0 Å². The number of tetrazole rings is 1. The Morgan fingerprint density at radius 2 is 1.92 bits per heavy atom. The van der Waals surface area contributed by atoms with Crippen LogP contribution in [-0.2, 0) is 4.79 Å². The number of benzene rings is 3. The highest BCUT2D eigenvalue weighted by Gasteiger charge is 2.26. The van der Waals surface area contributed by atoms with Crippen molar-refractivity contribution in [3.8, 4) is 28.0 Å². The van der Waals surface area contributed by atoms with E-state index in [2.05, 4.69) is 10.3 Å². The van der Waals surface area contributed by atoms with Crippen LogP contribution >= 0.6 is 11.3 Å². The molecule has 1 N–H and O–H groups in total. The van der Waals surface area contributed by atoms with E-state index < -0.39 is 0 Å². The number of fused-ring (bicyclic) bond motifs is 2. The van der Waals surface area contributed by atoms with Crippen molar-refractivity contribution in [3.63, 3.8) is 0 Å². The van der Waals surface area contributed by atoms with Gasteiger partial charge in [0.15, 0.2) is 5.52 Å². The highest BCUT2D eigenvalue weighted by molar-refractivity contribution is 7.20. The number of amides is 1. The molecule has 0 aliphatic rings. The van der Waals surface area contributed by atoms with Crippen LogP contribution in [0.15, 0.2) is 79.0 Å². The van der Waals surface area contributed by atoms with Gasteiger partial charge in [0.25, 0.3) is 5.82 Å². The molecular formula is C27H22N7O2S+. The molecule has 0 spiro atoms. The largest absolute Gasteiger partial charge is 0.494 e. The third-order valence-electron chi connectivity index (χ3n) is 5.68. The average Bonchev–Trinajstić information content (AvgIpc) is 3.53. The Morgan fingerprint density at radius 3 is 2.73 bits per heavy atom. The Hall–Kier alpha value is -4.70. The molecule has 10 heteroatoms. The second-order valence-corrected chi connectivity index (χ2v) is 9.28. The molecule has 0 fully saturated rings. The van der Waals surface area contributed by atoms with Gasteiger partial charge >= 0.3 is 5.13 Å². The summed E-state index contributed by atoms with van der Waals surface area (Å²) in [5.41, 5.74) is 3.94. The number of ether oxygens (including phenoxy) is 1. The quantitative estimate of drug-likeness (QED) is 0.327. The van der Waals surface area contributed by atoms with E-state index in [4.69, 9.17) is 19.9 Å². The van der Waals surface area contributed by atoms with Crippen molar-refractivity contribution in [1.82, 2.24) is 25.0 Å². The van der Waals surface area contributed by atoms with Gasteiger partial charge in [-0.1, -0.05) is 34.5 Å². The number of hydrogen-bond donors (Lipinski definition) is 1. The summed E-state index contributed by atoms with van der Waals surface area (Å²) in [6.45, 7) is 4.04. The summed E-state index contributed by atoms with van der Waals surface area (Å²) in [6, 6.07) is 23.1. The fourth-order valence-corrected chi connectivity index (χ4v) is 5.00. The number of thiazole rings is 1. The second-order valence-electron chi connectivity index (χ2n) is 8.27. The number of nitrogens with zero attached hydrogens (tertiary/aromatic N) is 6. The Morgan fingerprint density at radius 1 is 1.08 bits per heavy atom. The predicted octanol–water partition coefficient (Wildman–Crippen LogP) is 4.73. The summed E-state index contributed by atoms with van der Waals surface area (Å²) in [7, 11) is 0. The Balaban J connectivity index is 1.52. The van der Waals surface area contributed by atoms with E-state index >= 15 is 0 Å². The molecule has 1 amide bonds. The van der Waals surface area contributed by atoms with Gasteiger partial charge < -0.3 is 10.1 Å². The topological polar surface area (TPSA) is 98.7 Å². The summed E-state index contributed by atoms with van der Waals surface area (Å²) in [4.78, 5) is 24.3. The van der Waals surface area contributed by atoms with E-state index in [9.17, 15) is 4.79 Å². The van der Waals surface area contributed by atoms with Crippen molar-refractivity contribution in [1.29, 1.82) is 0 Å². The molecular weight excluding hydrogens is 486 g/mol. The standard InChI is InChI=1S/C27H21N7O2S/c1-3-36-21-13-14-22-24(16-21)37-27(30-22)34-32-26(19-9-11-20(12-10-19)29-17(2)35)31-33(34)23-8-4-6-18-7-5-15-28-25(18)23/h4-16H,3H2,1-2H3/p+1. The van der Waals surface area contributed by atoms with Crippen molar-refractivity contribution in [2.45, 2.75) is 13.8 Å². The monoisotopic (exact) mass is 508 g/mol. The molecule has 3 aromatic heterocycles. The van der Waals surface area contributed by atoms with Gasteiger partial charge in [0.1, 0.15) is 17.0 Å². The van der Waals surface area contributed by atoms with E-state index in [-0.39, 0.29) is 5.91 Å². The molecule has 0 radical (unpaired) electrons. The molecule has 0 saturated heterocycles. The van der Waals surface area contributed by atoms with Crippen molar-refractivity contribution in [3.05, 3.63) is 79.0 Å². The molecule has 3 heterocycles. The lowest BCUT2D eigenvalue weighted by molar-refractivity contribution is -0.733. The molecule has 6 aromatic rings. The third kappa shape index (κ3) is 4.38. The van der Waals surface area contributed by atoms with Gasteiger partial charge in [0, 0.05) is 40.9 Å². The van der Waals surface area contributed by atoms with Gasteiger partial charge in [-0.2, -0.15) is 0 Å². The number of pyridine rings is 1. The minimum absolute atomic E-state index is 0.125. The van der Waals surface area contributed by atoms with E-state index in [1.807, 2.05) is 79.7 Å². The first kappa shape index (κ1) is 22.7. The first-order chi connectivity index (χ1) is 18.1. The molecule has 37 heavy (non-hydrogen) atoms. The normalized spacial score (nSPS) is 11.2. The van der Waals surface area contributed by atoms with Crippen LogP contribution in [0.1, 0.15) is 13.8 Å². The first-order valence-electron chi connectivity index (χ1n) is 11.7. The van der Waals surface area contributed by atoms with Crippen molar-refractivity contribution >= 4 is 44.1 Å². The molecule has 0 atom stereocenters. The average molecular weight is 509 g/mol. The lowest BCUT2D eigenvalue weighted by Gasteiger charge is -2.03. The molecule has 0 saturated carbocycles. The smallest absolute Gasteiger partial charge is 0.365 e. The van der Waals surface area contributed by atoms with Crippen LogP contribution in [0.25, 0.3) is 43.3 Å². The molecule has 0 aliphatic carbocycles. The minimum atomic E-state index is -0.125. The Bertz CT molecular complexity index is 1750. The SMILES string of the molecule is CCOc1ccc2nc(-[n+]3nc(-c4ccc(NC(C)=O)cc4)nn3-c3cccc4cccnc34)sc2c1. The van der Waals surface area contributed by atoms with Crippen LogP contribution in [0.2, 0.25) is 0 Å². The van der Waals surface area contributed by atoms with Crippen molar-refractivity contribution in [2.75, 3.05) is 11.9 Å². The maximum atomic E-state index is 11.4. The van der Waals surface area contributed by atoms with Crippen LogP contribution in [-0.4, -0.2) is 37.5 Å². The second kappa shape index (κ2) is 9.40. The molecule has 3 aromatic carbocycles. The van der Waals surface area contributed by atoms with E-state index in [1.165, 1.54) is 18.3 Å². The summed E-state index contributed by atoms with van der Waals surface area (Å²) in [6.07, 6.45) is 1.77. The van der Waals surface area contributed by atoms with Crippen LogP contribution in [0.3, 0.4) is 0 Å². The molecule has 182 valence electrons.